The van der Waals surface area contributed by atoms with Gasteiger partial charge < -0.3 is 5.73 Å². The highest BCUT2D eigenvalue weighted by Gasteiger charge is 2.17. The van der Waals surface area contributed by atoms with E-state index in [1.807, 2.05) is 24.3 Å². The third-order valence-corrected chi connectivity index (χ3v) is 4.36. The Hall–Kier alpha value is -1.88. The molecule has 1 aliphatic rings. The third-order valence-electron chi connectivity index (χ3n) is 4.36. The first kappa shape index (κ1) is 18.5. The maximum atomic E-state index is 11.1. The molecule has 0 atom stereocenters. The second-order valence-electron chi connectivity index (χ2n) is 6.10. The van der Waals surface area contributed by atoms with E-state index in [4.69, 9.17) is 5.73 Å². The van der Waals surface area contributed by atoms with E-state index >= 15 is 0 Å². The summed E-state index contributed by atoms with van der Waals surface area (Å²) in [7, 11) is 0. The standard InChI is InChI=1S/C19H23N3O.ClH/c20-19(23)18-8-6-17(7-9-18)15-22-12-10-21(11-13-22)14-16-4-2-1-3-5-16;/h1-9H,10-15H2,(H2,20,23);1H. The lowest BCUT2D eigenvalue weighted by atomic mass is 10.1. The highest BCUT2D eigenvalue weighted by atomic mass is 35.5. The monoisotopic (exact) mass is 345 g/mol. The number of halogens is 1. The second kappa shape index (κ2) is 8.83. The lowest BCUT2D eigenvalue weighted by molar-refractivity contribution is 0.1000. The minimum Gasteiger partial charge on any atom is -0.366 e. The Morgan fingerprint density at radius 2 is 1.25 bits per heavy atom. The fourth-order valence-electron chi connectivity index (χ4n) is 2.98. The summed E-state index contributed by atoms with van der Waals surface area (Å²) in [4.78, 5) is 16.1. The fourth-order valence-corrected chi connectivity index (χ4v) is 2.98. The molecule has 2 N–H and O–H groups in total. The van der Waals surface area contributed by atoms with Crippen LogP contribution in [0.5, 0.6) is 0 Å². The number of hydrogen-bond donors (Lipinski definition) is 1. The summed E-state index contributed by atoms with van der Waals surface area (Å²) in [6.45, 7) is 6.29. The van der Waals surface area contributed by atoms with E-state index in [1.165, 1.54) is 11.1 Å². The molecule has 1 heterocycles. The van der Waals surface area contributed by atoms with E-state index in [-0.39, 0.29) is 18.3 Å². The zero-order valence-electron chi connectivity index (χ0n) is 13.7. The van der Waals surface area contributed by atoms with Gasteiger partial charge in [0.2, 0.25) is 5.91 Å². The molecule has 0 unspecified atom stereocenters. The number of nitrogens with two attached hydrogens (primary N) is 1. The Kier molecular flexibility index (Phi) is 6.79. The van der Waals surface area contributed by atoms with Crippen molar-refractivity contribution in [2.45, 2.75) is 13.1 Å². The summed E-state index contributed by atoms with van der Waals surface area (Å²) < 4.78 is 0. The molecule has 2 aromatic carbocycles. The smallest absolute Gasteiger partial charge is 0.248 e. The molecule has 5 heteroatoms. The van der Waals surface area contributed by atoms with Crippen molar-refractivity contribution >= 4 is 18.3 Å². The van der Waals surface area contributed by atoms with Crippen LogP contribution in [-0.2, 0) is 13.1 Å². The van der Waals surface area contributed by atoms with Gasteiger partial charge in [-0.15, -0.1) is 12.4 Å². The molecule has 1 amide bonds. The Labute approximate surface area is 149 Å². The Morgan fingerprint density at radius 3 is 1.71 bits per heavy atom. The summed E-state index contributed by atoms with van der Waals surface area (Å²) in [5, 5.41) is 0. The van der Waals surface area contributed by atoms with Crippen LogP contribution >= 0.6 is 12.4 Å². The van der Waals surface area contributed by atoms with Crippen LogP contribution in [0, 0.1) is 0 Å². The molecule has 1 fully saturated rings. The van der Waals surface area contributed by atoms with Crippen molar-refractivity contribution in [1.82, 2.24) is 9.80 Å². The van der Waals surface area contributed by atoms with Gasteiger partial charge in [-0.3, -0.25) is 14.6 Å². The van der Waals surface area contributed by atoms with Gasteiger partial charge in [0, 0.05) is 44.8 Å². The van der Waals surface area contributed by atoms with Crippen LogP contribution in [0.4, 0.5) is 0 Å². The van der Waals surface area contributed by atoms with Crippen LogP contribution in [0.3, 0.4) is 0 Å². The van der Waals surface area contributed by atoms with Gasteiger partial charge >= 0.3 is 0 Å². The first-order chi connectivity index (χ1) is 11.2. The molecule has 128 valence electrons. The van der Waals surface area contributed by atoms with Crippen molar-refractivity contribution in [2.24, 2.45) is 5.73 Å². The van der Waals surface area contributed by atoms with Crippen molar-refractivity contribution < 1.29 is 4.79 Å². The van der Waals surface area contributed by atoms with Gasteiger partial charge in [-0.1, -0.05) is 42.5 Å². The Morgan fingerprint density at radius 1 is 0.792 bits per heavy atom. The maximum absolute atomic E-state index is 11.1. The number of benzene rings is 2. The van der Waals surface area contributed by atoms with Gasteiger partial charge in [0.05, 0.1) is 0 Å². The predicted octanol–water partition coefficient (Wildman–Crippen LogP) is 2.53. The van der Waals surface area contributed by atoms with E-state index < -0.39 is 0 Å². The largest absolute Gasteiger partial charge is 0.366 e. The predicted molar refractivity (Wildman–Crippen MR) is 99.2 cm³/mol. The van der Waals surface area contributed by atoms with E-state index in [2.05, 4.69) is 40.1 Å². The van der Waals surface area contributed by atoms with E-state index in [1.54, 1.807) is 0 Å². The number of nitrogens with zero attached hydrogens (tertiary/aromatic N) is 2. The van der Waals surface area contributed by atoms with Crippen LogP contribution in [0.1, 0.15) is 21.5 Å². The zero-order chi connectivity index (χ0) is 16.1. The topological polar surface area (TPSA) is 49.6 Å². The van der Waals surface area contributed by atoms with Crippen molar-refractivity contribution in [2.75, 3.05) is 26.2 Å². The normalized spacial score (nSPS) is 15.7. The van der Waals surface area contributed by atoms with E-state index in [9.17, 15) is 4.79 Å². The highest BCUT2D eigenvalue weighted by Crippen LogP contribution is 2.12. The summed E-state index contributed by atoms with van der Waals surface area (Å²) >= 11 is 0. The zero-order valence-corrected chi connectivity index (χ0v) is 14.5. The summed E-state index contributed by atoms with van der Waals surface area (Å²) in [6.07, 6.45) is 0. The minimum absolute atomic E-state index is 0. The molecule has 0 aromatic heterocycles. The molecule has 24 heavy (non-hydrogen) atoms. The fraction of sp³-hybridized carbons (Fsp3) is 0.316. The quantitative estimate of drug-likeness (QED) is 0.906. The van der Waals surface area contributed by atoms with E-state index in [0.717, 1.165) is 39.3 Å². The number of primary amides is 1. The number of carbonyl (C=O) groups is 1. The third kappa shape index (κ3) is 5.06. The molecule has 0 bridgehead atoms. The summed E-state index contributed by atoms with van der Waals surface area (Å²) in [6, 6.07) is 18.2. The summed E-state index contributed by atoms with van der Waals surface area (Å²) in [5.74, 6) is -0.369. The Bertz CT molecular complexity index is 637. The van der Waals surface area contributed by atoms with Crippen LogP contribution in [0.2, 0.25) is 0 Å². The molecule has 0 spiro atoms. The number of piperazine rings is 1. The molecule has 4 nitrogen and oxygen atoms in total. The van der Waals surface area contributed by atoms with E-state index in [0.29, 0.717) is 5.56 Å². The van der Waals surface area contributed by atoms with Crippen LogP contribution in [0.25, 0.3) is 0 Å². The maximum Gasteiger partial charge on any atom is 0.248 e. The van der Waals surface area contributed by atoms with Crippen LogP contribution in [0.15, 0.2) is 54.6 Å². The summed E-state index contributed by atoms with van der Waals surface area (Å²) in [5.41, 5.74) is 8.45. The first-order valence-corrected chi connectivity index (χ1v) is 8.08. The molecular formula is C19H24ClN3O. The van der Waals surface area contributed by atoms with Crippen molar-refractivity contribution in [3.8, 4) is 0 Å². The van der Waals surface area contributed by atoms with Crippen molar-refractivity contribution in [1.29, 1.82) is 0 Å². The van der Waals surface area contributed by atoms with Crippen molar-refractivity contribution in [3.05, 3.63) is 71.3 Å². The minimum atomic E-state index is -0.369. The number of carbonyl (C=O) groups excluding carboxylic acids is 1. The lowest BCUT2D eigenvalue weighted by Crippen LogP contribution is -2.45. The lowest BCUT2D eigenvalue weighted by Gasteiger charge is -2.34. The van der Waals surface area contributed by atoms with Gasteiger partial charge in [-0.05, 0) is 23.3 Å². The number of rotatable bonds is 5. The molecule has 2 aromatic rings. The van der Waals surface area contributed by atoms with Gasteiger partial charge in [0.15, 0.2) is 0 Å². The average Bonchev–Trinajstić information content (AvgIpc) is 2.58. The van der Waals surface area contributed by atoms with Gasteiger partial charge in [-0.2, -0.15) is 0 Å². The molecule has 1 aliphatic heterocycles. The van der Waals surface area contributed by atoms with Crippen molar-refractivity contribution in [3.63, 3.8) is 0 Å². The SMILES string of the molecule is Cl.NC(=O)c1ccc(CN2CCN(Cc3ccccc3)CC2)cc1. The Balaban J connectivity index is 0.00000208. The molecular weight excluding hydrogens is 322 g/mol. The first-order valence-electron chi connectivity index (χ1n) is 8.08. The molecule has 0 saturated carbocycles. The average molecular weight is 346 g/mol. The molecule has 3 rings (SSSR count). The van der Waals surface area contributed by atoms with Gasteiger partial charge in [0.1, 0.15) is 0 Å². The van der Waals surface area contributed by atoms with Gasteiger partial charge in [0.25, 0.3) is 0 Å². The number of hydrogen-bond acceptors (Lipinski definition) is 3. The second-order valence-corrected chi connectivity index (χ2v) is 6.10. The van der Waals surface area contributed by atoms with Gasteiger partial charge in [-0.25, -0.2) is 0 Å². The molecule has 1 saturated heterocycles. The van der Waals surface area contributed by atoms with Crippen LogP contribution in [-0.4, -0.2) is 41.9 Å². The number of amides is 1. The van der Waals surface area contributed by atoms with Crippen LogP contribution < -0.4 is 5.73 Å². The molecule has 0 radical (unpaired) electrons. The molecule has 0 aliphatic carbocycles. The highest BCUT2D eigenvalue weighted by molar-refractivity contribution is 5.92.